The fourth-order valence-electron chi connectivity index (χ4n) is 2.88. The Morgan fingerprint density at radius 1 is 0.914 bits per heavy atom. The minimum atomic E-state index is -0.709. The number of carbonyl (C=O) groups excluding carboxylic acids is 1. The molecule has 0 amide bonds. The van der Waals surface area contributed by atoms with Crippen molar-refractivity contribution in [2.75, 3.05) is 13.7 Å². The van der Waals surface area contributed by atoms with Gasteiger partial charge in [0.25, 0.3) is 11.4 Å². The predicted octanol–water partition coefficient (Wildman–Crippen LogP) is 5.97. The Kier molecular flexibility index (Phi) is 8.24. The summed E-state index contributed by atoms with van der Waals surface area (Å²) < 4.78 is 15.9. The summed E-state index contributed by atoms with van der Waals surface area (Å²) in [6.45, 7) is -0.421. The monoisotopic (exact) mass is 518 g/mol. The number of hydrogen-bond acceptors (Lipinski definition) is 8. The topological polar surface area (TPSA) is 131 Å². The van der Waals surface area contributed by atoms with E-state index in [-0.39, 0.29) is 33.5 Å². The summed E-state index contributed by atoms with van der Waals surface area (Å²) in [5.74, 6) is -0.0927. The van der Waals surface area contributed by atoms with Gasteiger partial charge in [0.1, 0.15) is 5.75 Å². The Morgan fingerprint density at radius 3 is 2.31 bits per heavy atom. The number of methoxy groups -OCH3 is 1. The molecule has 35 heavy (non-hydrogen) atoms. The lowest BCUT2D eigenvalue weighted by molar-refractivity contribution is -0.394. The van der Waals surface area contributed by atoms with Gasteiger partial charge in [-0.05, 0) is 48.0 Å². The van der Waals surface area contributed by atoms with Gasteiger partial charge in [0.05, 0.1) is 33.6 Å². The van der Waals surface area contributed by atoms with Gasteiger partial charge in [0.2, 0.25) is 0 Å². The zero-order chi connectivity index (χ0) is 25.5. The molecule has 0 aliphatic rings. The summed E-state index contributed by atoms with van der Waals surface area (Å²) in [6, 6.07) is 12.5. The number of benzene rings is 3. The molecule has 3 aromatic rings. The molecule has 3 aromatic carbocycles. The van der Waals surface area contributed by atoms with Gasteiger partial charge in [0.15, 0.2) is 18.1 Å². The molecule has 0 spiro atoms. The highest BCUT2D eigenvalue weighted by atomic mass is 35.5. The average molecular weight is 519 g/mol. The van der Waals surface area contributed by atoms with E-state index in [2.05, 4.69) is 0 Å². The van der Waals surface area contributed by atoms with Crippen molar-refractivity contribution in [1.29, 1.82) is 0 Å². The van der Waals surface area contributed by atoms with Gasteiger partial charge >= 0.3 is 5.97 Å². The van der Waals surface area contributed by atoms with Gasteiger partial charge in [0, 0.05) is 11.1 Å². The number of carbonyl (C=O) groups is 1. The number of hydrogen-bond donors (Lipinski definition) is 0. The maximum absolute atomic E-state index is 12.2. The molecule has 0 heterocycles. The minimum Gasteiger partial charge on any atom is -0.493 e. The van der Waals surface area contributed by atoms with Crippen molar-refractivity contribution in [3.8, 4) is 17.2 Å². The molecule has 12 heteroatoms. The first kappa shape index (κ1) is 25.5. The Labute approximate surface area is 208 Å². The van der Waals surface area contributed by atoms with Crippen LogP contribution in [0.25, 0.3) is 12.2 Å². The smallest absolute Gasteiger partial charge is 0.349 e. The molecule has 0 saturated heterocycles. The van der Waals surface area contributed by atoms with Crippen LogP contribution in [-0.2, 0) is 4.79 Å². The van der Waals surface area contributed by atoms with Gasteiger partial charge in [-0.25, -0.2) is 4.79 Å². The lowest BCUT2D eigenvalue weighted by atomic mass is 10.1. The highest BCUT2D eigenvalue weighted by Gasteiger charge is 2.18. The van der Waals surface area contributed by atoms with E-state index in [0.717, 1.165) is 6.07 Å². The third-order valence-corrected chi connectivity index (χ3v) is 5.06. The number of rotatable bonds is 9. The molecule has 3 rings (SSSR count). The number of ether oxygens (including phenoxy) is 3. The van der Waals surface area contributed by atoms with E-state index in [1.165, 1.54) is 43.5 Å². The molecule has 0 aromatic heterocycles. The Hall–Kier alpha value is -4.15. The highest BCUT2D eigenvalue weighted by Crippen LogP contribution is 2.31. The van der Waals surface area contributed by atoms with Crippen molar-refractivity contribution >= 4 is 52.7 Å². The van der Waals surface area contributed by atoms with E-state index in [0.29, 0.717) is 10.6 Å². The maximum Gasteiger partial charge on any atom is 0.349 e. The first-order chi connectivity index (χ1) is 16.7. The van der Waals surface area contributed by atoms with Gasteiger partial charge in [-0.1, -0.05) is 35.3 Å². The highest BCUT2D eigenvalue weighted by molar-refractivity contribution is 6.35. The molecular formula is C23H16Cl2N2O8. The van der Waals surface area contributed by atoms with E-state index in [1.807, 2.05) is 0 Å². The van der Waals surface area contributed by atoms with Gasteiger partial charge in [-0.15, -0.1) is 0 Å². The van der Waals surface area contributed by atoms with Crippen molar-refractivity contribution in [2.24, 2.45) is 0 Å². The van der Waals surface area contributed by atoms with Crippen molar-refractivity contribution < 1.29 is 28.9 Å². The van der Waals surface area contributed by atoms with Crippen LogP contribution in [0.1, 0.15) is 11.1 Å². The molecule has 0 unspecified atom stereocenters. The van der Waals surface area contributed by atoms with Crippen molar-refractivity contribution in [3.63, 3.8) is 0 Å². The number of nitro groups is 2. The van der Waals surface area contributed by atoms with Gasteiger partial charge in [-0.3, -0.25) is 20.2 Å². The Balaban J connectivity index is 1.72. The average Bonchev–Trinajstić information content (AvgIpc) is 2.82. The summed E-state index contributed by atoms with van der Waals surface area (Å²) in [5, 5.41) is 22.8. The molecule has 0 fully saturated rings. The second-order valence-electron chi connectivity index (χ2n) is 6.84. The summed E-state index contributed by atoms with van der Waals surface area (Å²) in [4.78, 5) is 33.0. The maximum atomic E-state index is 12.2. The standard InChI is InChI=1S/C23H16Cl2N2O8/c1-33-22-10-14(2-4-15-5-7-17(26(29)30)12-19(15)27(31)32)3-8-21(22)35-23(28)13-34-20-9-6-16(24)11-18(20)25/h2-12H,13H2,1H3. The number of esters is 1. The SMILES string of the molecule is COc1cc(C=Cc2ccc([N+](=O)[O-])cc2[N+](=O)[O-])ccc1OC(=O)COc1ccc(Cl)cc1Cl. The lowest BCUT2D eigenvalue weighted by Crippen LogP contribution is -2.18. The first-order valence-corrected chi connectivity index (χ1v) is 10.5. The minimum absolute atomic E-state index is 0.127. The first-order valence-electron chi connectivity index (χ1n) is 9.75. The van der Waals surface area contributed by atoms with Crippen LogP contribution in [0.2, 0.25) is 10.0 Å². The Morgan fingerprint density at radius 2 is 1.66 bits per heavy atom. The molecule has 0 saturated carbocycles. The van der Waals surface area contributed by atoms with Gasteiger partial charge in [-0.2, -0.15) is 0 Å². The zero-order valence-electron chi connectivity index (χ0n) is 18.0. The van der Waals surface area contributed by atoms with E-state index in [9.17, 15) is 25.0 Å². The van der Waals surface area contributed by atoms with Crippen molar-refractivity contribution in [2.45, 2.75) is 0 Å². The fourth-order valence-corrected chi connectivity index (χ4v) is 3.35. The van der Waals surface area contributed by atoms with Crippen LogP contribution in [0, 0.1) is 20.2 Å². The number of non-ortho nitro benzene ring substituents is 1. The van der Waals surface area contributed by atoms with Crippen molar-refractivity contribution in [1.82, 2.24) is 0 Å². The van der Waals surface area contributed by atoms with E-state index < -0.39 is 28.1 Å². The van der Waals surface area contributed by atoms with Crippen LogP contribution in [-0.4, -0.2) is 29.5 Å². The lowest BCUT2D eigenvalue weighted by Gasteiger charge is -2.11. The third-order valence-electron chi connectivity index (χ3n) is 4.53. The third kappa shape index (κ3) is 6.69. The van der Waals surface area contributed by atoms with E-state index >= 15 is 0 Å². The second-order valence-corrected chi connectivity index (χ2v) is 7.68. The normalized spacial score (nSPS) is 10.7. The number of nitrogens with zero attached hydrogens (tertiary/aromatic N) is 2. The van der Waals surface area contributed by atoms with Crippen molar-refractivity contribution in [3.05, 3.63) is 96.0 Å². The van der Waals surface area contributed by atoms with E-state index in [1.54, 1.807) is 24.3 Å². The second kappa shape index (κ2) is 11.3. The summed E-state index contributed by atoms with van der Waals surface area (Å²) in [5.41, 5.74) is -0.0515. The van der Waals surface area contributed by atoms with Crippen LogP contribution in [0.15, 0.2) is 54.6 Å². The molecule has 0 atom stereocenters. The van der Waals surface area contributed by atoms with Crippen LogP contribution < -0.4 is 14.2 Å². The van der Waals surface area contributed by atoms with E-state index in [4.69, 9.17) is 37.4 Å². The molecule has 180 valence electrons. The van der Waals surface area contributed by atoms with Crippen LogP contribution in [0.4, 0.5) is 11.4 Å². The molecule has 0 N–H and O–H groups in total. The Bertz CT molecular complexity index is 1330. The van der Waals surface area contributed by atoms with Crippen LogP contribution >= 0.6 is 23.2 Å². The predicted molar refractivity (Wildman–Crippen MR) is 129 cm³/mol. The number of halogens is 2. The summed E-state index contributed by atoms with van der Waals surface area (Å²) in [6.07, 6.45) is 2.99. The number of nitro benzene ring substituents is 2. The molecule has 0 radical (unpaired) electrons. The summed E-state index contributed by atoms with van der Waals surface area (Å²) in [7, 11) is 1.38. The molecular weight excluding hydrogens is 503 g/mol. The van der Waals surface area contributed by atoms with Gasteiger partial charge < -0.3 is 14.2 Å². The fraction of sp³-hybridized carbons (Fsp3) is 0.0870. The zero-order valence-corrected chi connectivity index (χ0v) is 19.5. The largest absolute Gasteiger partial charge is 0.493 e. The quantitative estimate of drug-likeness (QED) is 0.111. The molecule has 0 bridgehead atoms. The molecule has 10 nitrogen and oxygen atoms in total. The molecule has 0 aliphatic carbocycles. The summed E-state index contributed by atoms with van der Waals surface area (Å²) >= 11 is 11.8. The van der Waals surface area contributed by atoms with Crippen LogP contribution in [0.5, 0.6) is 17.2 Å². The molecule has 0 aliphatic heterocycles. The van der Waals surface area contributed by atoms with Crippen LogP contribution in [0.3, 0.4) is 0 Å².